The molecule has 0 spiro atoms. The number of carbonyl (C=O) groups is 2. The van der Waals surface area contributed by atoms with Crippen molar-refractivity contribution in [3.05, 3.63) is 37.9 Å². The highest BCUT2D eigenvalue weighted by molar-refractivity contribution is 7.16. The van der Waals surface area contributed by atoms with E-state index in [1.165, 1.54) is 22.6 Å². The van der Waals surface area contributed by atoms with E-state index in [-0.39, 0.29) is 11.5 Å². The zero-order valence-corrected chi connectivity index (χ0v) is 13.2. The normalized spacial score (nSPS) is 13.8. The fourth-order valence-electron chi connectivity index (χ4n) is 2.62. The Labute approximate surface area is 130 Å². The van der Waals surface area contributed by atoms with Crippen LogP contribution in [0.1, 0.15) is 48.9 Å². The monoisotopic (exact) mass is 321 g/mol. The lowest BCUT2D eigenvalue weighted by atomic mass is 9.96. The quantitative estimate of drug-likeness (QED) is 0.899. The SMILES string of the molecule is Cc1cc(C(=O)O)c(NC(=O)c2csc3c2CCCC3)s1. The number of hydrogen-bond acceptors (Lipinski definition) is 4. The molecule has 2 aromatic heterocycles. The molecule has 0 radical (unpaired) electrons. The van der Waals surface area contributed by atoms with E-state index in [1.54, 1.807) is 17.4 Å². The molecule has 0 fully saturated rings. The van der Waals surface area contributed by atoms with Crippen molar-refractivity contribution in [2.24, 2.45) is 0 Å². The van der Waals surface area contributed by atoms with Gasteiger partial charge in [0.05, 0.1) is 11.1 Å². The lowest BCUT2D eigenvalue weighted by Gasteiger charge is -2.12. The largest absolute Gasteiger partial charge is 0.478 e. The number of hydrogen-bond donors (Lipinski definition) is 2. The first-order chi connectivity index (χ1) is 10.1. The summed E-state index contributed by atoms with van der Waals surface area (Å²) in [7, 11) is 0. The van der Waals surface area contributed by atoms with Gasteiger partial charge < -0.3 is 10.4 Å². The molecular weight excluding hydrogens is 306 g/mol. The Kier molecular flexibility index (Phi) is 3.82. The van der Waals surface area contributed by atoms with Crippen molar-refractivity contribution < 1.29 is 14.7 Å². The second-order valence-electron chi connectivity index (χ2n) is 5.12. The summed E-state index contributed by atoms with van der Waals surface area (Å²) < 4.78 is 0. The first-order valence-corrected chi connectivity index (χ1v) is 8.50. The maximum absolute atomic E-state index is 12.4. The van der Waals surface area contributed by atoms with Crippen LogP contribution in [0.3, 0.4) is 0 Å². The number of fused-ring (bicyclic) bond motifs is 1. The fraction of sp³-hybridized carbons (Fsp3) is 0.333. The number of anilines is 1. The van der Waals surface area contributed by atoms with Gasteiger partial charge >= 0.3 is 5.97 Å². The van der Waals surface area contributed by atoms with Crippen LogP contribution in [-0.2, 0) is 12.8 Å². The van der Waals surface area contributed by atoms with E-state index in [2.05, 4.69) is 5.32 Å². The molecule has 2 heterocycles. The summed E-state index contributed by atoms with van der Waals surface area (Å²) in [5.74, 6) is -1.21. The molecule has 0 bridgehead atoms. The highest BCUT2D eigenvalue weighted by Crippen LogP contribution is 2.32. The van der Waals surface area contributed by atoms with E-state index in [4.69, 9.17) is 0 Å². The Bertz CT molecular complexity index is 715. The summed E-state index contributed by atoms with van der Waals surface area (Å²) >= 11 is 2.93. The van der Waals surface area contributed by atoms with Gasteiger partial charge in [-0.25, -0.2) is 4.79 Å². The van der Waals surface area contributed by atoms with Crippen LogP contribution in [0.25, 0.3) is 0 Å². The van der Waals surface area contributed by atoms with Gasteiger partial charge in [0, 0.05) is 15.1 Å². The van der Waals surface area contributed by atoms with Crippen molar-refractivity contribution in [3.8, 4) is 0 Å². The van der Waals surface area contributed by atoms with Crippen molar-refractivity contribution in [2.75, 3.05) is 5.32 Å². The molecule has 110 valence electrons. The van der Waals surface area contributed by atoms with Gasteiger partial charge in [-0.1, -0.05) is 0 Å². The van der Waals surface area contributed by atoms with Gasteiger partial charge in [-0.15, -0.1) is 22.7 Å². The second kappa shape index (κ2) is 5.61. The summed E-state index contributed by atoms with van der Waals surface area (Å²) in [5.41, 5.74) is 2.01. The molecule has 3 rings (SSSR count). The zero-order valence-electron chi connectivity index (χ0n) is 11.6. The van der Waals surface area contributed by atoms with Gasteiger partial charge in [0.2, 0.25) is 0 Å². The van der Waals surface area contributed by atoms with Crippen LogP contribution in [0.15, 0.2) is 11.4 Å². The van der Waals surface area contributed by atoms with Crippen LogP contribution in [0.4, 0.5) is 5.00 Å². The molecule has 0 unspecified atom stereocenters. The maximum Gasteiger partial charge on any atom is 0.338 e. The van der Waals surface area contributed by atoms with Crippen molar-refractivity contribution in [3.63, 3.8) is 0 Å². The number of carbonyl (C=O) groups excluding carboxylic acids is 1. The highest BCUT2D eigenvalue weighted by Gasteiger charge is 2.22. The van der Waals surface area contributed by atoms with Gasteiger partial charge in [0.25, 0.3) is 5.91 Å². The Morgan fingerprint density at radius 1 is 1.24 bits per heavy atom. The molecule has 0 aliphatic heterocycles. The fourth-order valence-corrected chi connectivity index (χ4v) is 4.65. The standard InChI is InChI=1S/C15H15NO3S2/c1-8-6-10(15(18)19)14(21-8)16-13(17)11-7-20-12-5-3-2-4-9(11)12/h6-7H,2-5H2,1H3,(H,16,17)(H,18,19). The van der Waals surface area contributed by atoms with E-state index in [0.717, 1.165) is 29.7 Å². The van der Waals surface area contributed by atoms with E-state index >= 15 is 0 Å². The average molecular weight is 321 g/mol. The summed E-state index contributed by atoms with van der Waals surface area (Å²) in [6.07, 6.45) is 4.28. The van der Waals surface area contributed by atoms with Crippen LogP contribution in [0.5, 0.6) is 0 Å². The third-order valence-electron chi connectivity index (χ3n) is 3.62. The molecule has 21 heavy (non-hydrogen) atoms. The Balaban J connectivity index is 1.87. The molecule has 2 N–H and O–H groups in total. The zero-order chi connectivity index (χ0) is 15.0. The first-order valence-electron chi connectivity index (χ1n) is 6.80. The van der Waals surface area contributed by atoms with E-state index in [1.807, 2.05) is 12.3 Å². The lowest BCUT2D eigenvalue weighted by Crippen LogP contribution is -2.15. The molecule has 0 saturated heterocycles. The lowest BCUT2D eigenvalue weighted by molar-refractivity contribution is 0.0698. The number of nitrogens with one attached hydrogen (secondary N) is 1. The number of carboxylic acid groups (broad SMARTS) is 1. The van der Waals surface area contributed by atoms with Crippen LogP contribution >= 0.6 is 22.7 Å². The molecular formula is C15H15NO3S2. The predicted octanol–water partition coefficient (Wildman–Crippen LogP) is 3.95. The molecule has 0 saturated carbocycles. The van der Waals surface area contributed by atoms with Crippen LogP contribution in [0.2, 0.25) is 0 Å². The van der Waals surface area contributed by atoms with Crippen molar-refractivity contribution in [2.45, 2.75) is 32.6 Å². The van der Waals surface area contributed by atoms with Crippen LogP contribution in [0, 0.1) is 6.92 Å². The third kappa shape index (κ3) is 2.73. The molecule has 0 aromatic carbocycles. The van der Waals surface area contributed by atoms with E-state index < -0.39 is 5.97 Å². The Hall–Kier alpha value is -1.66. The van der Waals surface area contributed by atoms with Crippen molar-refractivity contribution in [1.82, 2.24) is 0 Å². The van der Waals surface area contributed by atoms with Crippen LogP contribution < -0.4 is 5.32 Å². The molecule has 0 atom stereocenters. The van der Waals surface area contributed by atoms with Gasteiger partial charge in [0.15, 0.2) is 0 Å². The summed E-state index contributed by atoms with van der Waals surface area (Å²) in [4.78, 5) is 25.8. The molecule has 2 aromatic rings. The van der Waals surface area contributed by atoms with E-state index in [0.29, 0.717) is 10.6 Å². The van der Waals surface area contributed by atoms with Crippen LogP contribution in [-0.4, -0.2) is 17.0 Å². The summed E-state index contributed by atoms with van der Waals surface area (Å²) in [6, 6.07) is 1.59. The number of amides is 1. The third-order valence-corrected chi connectivity index (χ3v) is 5.67. The number of thiophene rings is 2. The van der Waals surface area contributed by atoms with Crippen molar-refractivity contribution >= 4 is 39.6 Å². The minimum atomic E-state index is -1.01. The number of carboxylic acids is 1. The average Bonchev–Trinajstić information content (AvgIpc) is 3.02. The maximum atomic E-state index is 12.4. The molecule has 6 heteroatoms. The summed E-state index contributed by atoms with van der Waals surface area (Å²) in [5, 5.41) is 14.3. The Morgan fingerprint density at radius 3 is 2.76 bits per heavy atom. The first kappa shape index (κ1) is 14.3. The topological polar surface area (TPSA) is 66.4 Å². The van der Waals surface area contributed by atoms with Crippen molar-refractivity contribution in [1.29, 1.82) is 0 Å². The molecule has 1 aliphatic rings. The highest BCUT2D eigenvalue weighted by atomic mass is 32.1. The number of aromatic carboxylic acids is 1. The molecule has 1 amide bonds. The number of rotatable bonds is 3. The summed E-state index contributed by atoms with van der Waals surface area (Å²) in [6.45, 7) is 1.83. The second-order valence-corrected chi connectivity index (χ2v) is 7.34. The minimum Gasteiger partial charge on any atom is -0.478 e. The Morgan fingerprint density at radius 2 is 2.00 bits per heavy atom. The predicted molar refractivity (Wildman–Crippen MR) is 84.9 cm³/mol. The molecule has 4 nitrogen and oxygen atoms in total. The van der Waals surface area contributed by atoms with Gasteiger partial charge in [-0.05, 0) is 44.2 Å². The molecule has 1 aliphatic carbocycles. The van der Waals surface area contributed by atoms with Gasteiger partial charge in [-0.3, -0.25) is 4.79 Å². The van der Waals surface area contributed by atoms with Gasteiger partial charge in [0.1, 0.15) is 5.00 Å². The van der Waals surface area contributed by atoms with E-state index in [9.17, 15) is 14.7 Å². The smallest absolute Gasteiger partial charge is 0.338 e. The number of aryl methyl sites for hydroxylation is 2. The minimum absolute atomic E-state index is 0.162. The van der Waals surface area contributed by atoms with Gasteiger partial charge in [-0.2, -0.15) is 0 Å².